The van der Waals surface area contributed by atoms with Crippen LogP contribution >= 0.6 is 0 Å². The predicted molar refractivity (Wildman–Crippen MR) is 45.7 cm³/mol. The van der Waals surface area contributed by atoms with Crippen LogP contribution in [0.3, 0.4) is 0 Å². The third kappa shape index (κ3) is 1.36. The molecule has 0 aromatic heterocycles. The zero-order valence-corrected chi connectivity index (χ0v) is 6.86. The van der Waals surface area contributed by atoms with Gasteiger partial charge in [0.25, 0.3) is 0 Å². The summed E-state index contributed by atoms with van der Waals surface area (Å²) in [5.41, 5.74) is 2.14. The lowest BCUT2D eigenvalue weighted by atomic mass is 10.0. The summed E-state index contributed by atoms with van der Waals surface area (Å²) in [5, 5.41) is 9.66. The molecule has 2 heteroatoms. The van der Waals surface area contributed by atoms with Crippen LogP contribution in [0.1, 0.15) is 23.7 Å². The maximum atomic E-state index is 9.66. The lowest BCUT2D eigenvalue weighted by Gasteiger charge is -2.08. The van der Waals surface area contributed by atoms with Crippen LogP contribution in [0.4, 0.5) is 0 Å². The molecule has 1 aliphatic rings. The standard InChI is InChI=1S/C10H12O2/c11-10-5-6-12-7-8-3-1-2-4-9(8)10/h1-4,10-11H,5-7H2. The number of hydrogen-bond acceptors (Lipinski definition) is 2. The van der Waals surface area contributed by atoms with E-state index in [1.165, 1.54) is 0 Å². The molecule has 1 aromatic rings. The minimum atomic E-state index is -0.344. The molecule has 0 amide bonds. The first-order valence-electron chi connectivity index (χ1n) is 4.21. The molecule has 1 aromatic carbocycles. The van der Waals surface area contributed by atoms with Gasteiger partial charge in [-0.15, -0.1) is 0 Å². The van der Waals surface area contributed by atoms with E-state index >= 15 is 0 Å². The maximum absolute atomic E-state index is 9.66. The second-order valence-corrected chi connectivity index (χ2v) is 3.06. The molecule has 0 fully saturated rings. The highest BCUT2D eigenvalue weighted by molar-refractivity contribution is 5.28. The van der Waals surface area contributed by atoms with Gasteiger partial charge in [0.05, 0.1) is 12.7 Å². The lowest BCUT2D eigenvalue weighted by Crippen LogP contribution is -1.98. The van der Waals surface area contributed by atoms with E-state index in [-0.39, 0.29) is 6.10 Å². The van der Waals surface area contributed by atoms with Crippen LogP contribution in [0.15, 0.2) is 24.3 Å². The Balaban J connectivity index is 2.39. The summed E-state index contributed by atoms with van der Waals surface area (Å²) in [6.45, 7) is 1.28. The van der Waals surface area contributed by atoms with E-state index in [2.05, 4.69) is 0 Å². The number of ether oxygens (including phenoxy) is 1. The van der Waals surface area contributed by atoms with Gasteiger partial charge in [-0.3, -0.25) is 0 Å². The van der Waals surface area contributed by atoms with Crippen molar-refractivity contribution in [1.82, 2.24) is 0 Å². The summed E-state index contributed by atoms with van der Waals surface area (Å²) in [5.74, 6) is 0. The molecule has 0 aliphatic carbocycles. The second-order valence-electron chi connectivity index (χ2n) is 3.06. The van der Waals surface area contributed by atoms with Crippen molar-refractivity contribution in [3.05, 3.63) is 35.4 Å². The van der Waals surface area contributed by atoms with Gasteiger partial charge in [0.1, 0.15) is 0 Å². The fourth-order valence-corrected chi connectivity index (χ4v) is 1.52. The fraction of sp³-hybridized carbons (Fsp3) is 0.400. The van der Waals surface area contributed by atoms with Crippen LogP contribution in [0.25, 0.3) is 0 Å². The van der Waals surface area contributed by atoms with E-state index in [4.69, 9.17) is 4.74 Å². The summed E-state index contributed by atoms with van der Waals surface area (Å²) in [6, 6.07) is 7.90. The molecule has 1 heterocycles. The molecule has 2 nitrogen and oxygen atoms in total. The van der Waals surface area contributed by atoms with Crippen LogP contribution in [0.2, 0.25) is 0 Å². The van der Waals surface area contributed by atoms with E-state index in [1.807, 2.05) is 24.3 Å². The van der Waals surface area contributed by atoms with Crippen LogP contribution in [-0.4, -0.2) is 11.7 Å². The Morgan fingerprint density at radius 3 is 3.08 bits per heavy atom. The van der Waals surface area contributed by atoms with E-state index in [1.54, 1.807) is 0 Å². The SMILES string of the molecule is OC1CCOCc2ccccc21. The first kappa shape index (κ1) is 7.77. The van der Waals surface area contributed by atoms with Crippen molar-refractivity contribution in [1.29, 1.82) is 0 Å². The van der Waals surface area contributed by atoms with Gasteiger partial charge in [0.2, 0.25) is 0 Å². The second kappa shape index (κ2) is 3.25. The molecular weight excluding hydrogens is 152 g/mol. The van der Waals surface area contributed by atoms with Crippen LogP contribution in [0, 0.1) is 0 Å². The Morgan fingerprint density at radius 2 is 2.17 bits per heavy atom. The molecule has 0 saturated carbocycles. The Bertz CT molecular complexity index is 270. The summed E-state index contributed by atoms with van der Waals surface area (Å²) in [7, 11) is 0. The van der Waals surface area contributed by atoms with Gasteiger partial charge < -0.3 is 9.84 Å². The number of benzene rings is 1. The molecular formula is C10H12O2. The van der Waals surface area contributed by atoms with Crippen molar-refractivity contribution in [3.63, 3.8) is 0 Å². The lowest BCUT2D eigenvalue weighted by molar-refractivity contribution is 0.0899. The third-order valence-corrected chi connectivity index (χ3v) is 2.21. The van der Waals surface area contributed by atoms with E-state index < -0.39 is 0 Å². The summed E-state index contributed by atoms with van der Waals surface area (Å²) in [4.78, 5) is 0. The molecule has 1 unspecified atom stereocenters. The minimum absolute atomic E-state index is 0.344. The highest BCUT2D eigenvalue weighted by Gasteiger charge is 2.14. The Hall–Kier alpha value is -0.860. The largest absolute Gasteiger partial charge is 0.388 e. The topological polar surface area (TPSA) is 29.5 Å². The Labute approximate surface area is 71.8 Å². The summed E-state index contributed by atoms with van der Waals surface area (Å²) < 4.78 is 5.33. The summed E-state index contributed by atoms with van der Waals surface area (Å²) in [6.07, 6.45) is 0.362. The van der Waals surface area contributed by atoms with E-state index in [0.717, 1.165) is 11.1 Å². The quantitative estimate of drug-likeness (QED) is 0.631. The molecule has 0 saturated heterocycles. The highest BCUT2D eigenvalue weighted by Crippen LogP contribution is 2.24. The first-order chi connectivity index (χ1) is 5.88. The molecule has 1 atom stereocenters. The van der Waals surface area contributed by atoms with Crippen LogP contribution in [-0.2, 0) is 11.3 Å². The van der Waals surface area contributed by atoms with Gasteiger partial charge in [-0.2, -0.15) is 0 Å². The normalized spacial score (nSPS) is 22.9. The molecule has 0 spiro atoms. The molecule has 64 valence electrons. The minimum Gasteiger partial charge on any atom is -0.388 e. The van der Waals surface area contributed by atoms with Gasteiger partial charge in [0, 0.05) is 13.0 Å². The molecule has 1 aliphatic heterocycles. The summed E-state index contributed by atoms with van der Waals surface area (Å²) >= 11 is 0. The van der Waals surface area contributed by atoms with Crippen molar-refractivity contribution in [3.8, 4) is 0 Å². The average Bonchev–Trinajstić information content (AvgIpc) is 2.29. The van der Waals surface area contributed by atoms with Gasteiger partial charge >= 0.3 is 0 Å². The van der Waals surface area contributed by atoms with Gasteiger partial charge in [0.15, 0.2) is 0 Å². The van der Waals surface area contributed by atoms with Gasteiger partial charge in [-0.25, -0.2) is 0 Å². The van der Waals surface area contributed by atoms with Crippen molar-refractivity contribution < 1.29 is 9.84 Å². The monoisotopic (exact) mass is 164 g/mol. The average molecular weight is 164 g/mol. The highest BCUT2D eigenvalue weighted by atomic mass is 16.5. The van der Waals surface area contributed by atoms with Gasteiger partial charge in [-0.1, -0.05) is 24.3 Å². The van der Waals surface area contributed by atoms with Gasteiger partial charge in [-0.05, 0) is 11.1 Å². The Morgan fingerprint density at radius 1 is 1.33 bits per heavy atom. The zero-order valence-electron chi connectivity index (χ0n) is 6.86. The Kier molecular flexibility index (Phi) is 2.11. The zero-order chi connectivity index (χ0) is 8.39. The molecule has 2 rings (SSSR count). The molecule has 12 heavy (non-hydrogen) atoms. The van der Waals surface area contributed by atoms with Crippen molar-refractivity contribution >= 4 is 0 Å². The van der Waals surface area contributed by atoms with Crippen LogP contribution < -0.4 is 0 Å². The third-order valence-electron chi connectivity index (χ3n) is 2.21. The van der Waals surface area contributed by atoms with Crippen LogP contribution in [0.5, 0.6) is 0 Å². The molecule has 1 N–H and O–H groups in total. The number of aliphatic hydroxyl groups excluding tert-OH is 1. The smallest absolute Gasteiger partial charge is 0.0815 e. The van der Waals surface area contributed by atoms with E-state index in [0.29, 0.717) is 19.6 Å². The predicted octanol–water partition coefficient (Wildman–Crippen LogP) is 1.64. The number of hydrogen-bond donors (Lipinski definition) is 1. The van der Waals surface area contributed by atoms with Crippen molar-refractivity contribution in [2.45, 2.75) is 19.1 Å². The molecule has 0 bridgehead atoms. The fourth-order valence-electron chi connectivity index (χ4n) is 1.52. The molecule has 0 radical (unpaired) electrons. The maximum Gasteiger partial charge on any atom is 0.0815 e. The number of aliphatic hydroxyl groups is 1. The van der Waals surface area contributed by atoms with E-state index in [9.17, 15) is 5.11 Å². The number of fused-ring (bicyclic) bond motifs is 1. The van der Waals surface area contributed by atoms with Crippen molar-refractivity contribution in [2.24, 2.45) is 0 Å². The first-order valence-corrected chi connectivity index (χ1v) is 4.21. The van der Waals surface area contributed by atoms with Crippen molar-refractivity contribution in [2.75, 3.05) is 6.61 Å². The number of rotatable bonds is 0.